The van der Waals surface area contributed by atoms with Crippen LogP contribution in [-0.2, 0) is 9.47 Å². The first-order valence-corrected chi connectivity index (χ1v) is 8.93. The molecule has 2 nitrogen and oxygen atoms in total. The first kappa shape index (κ1) is 18.9. The highest BCUT2D eigenvalue weighted by molar-refractivity contribution is 9.11. The highest BCUT2D eigenvalue weighted by Gasteiger charge is 2.28. The van der Waals surface area contributed by atoms with Crippen molar-refractivity contribution in [1.82, 2.24) is 0 Å². The third kappa shape index (κ3) is 6.66. The largest absolute Gasteiger partial charge is 0.385 e. The molecule has 0 radical (unpaired) electrons. The zero-order chi connectivity index (χ0) is 15.8. The van der Waals surface area contributed by atoms with Gasteiger partial charge in [-0.3, -0.25) is 0 Å². The van der Waals surface area contributed by atoms with E-state index >= 15 is 0 Å². The number of hydrogen-bond acceptors (Lipinski definition) is 2. The Balaban J connectivity index is 2.85. The van der Waals surface area contributed by atoms with Gasteiger partial charge in [-0.15, -0.1) is 0 Å². The molecule has 0 aromatic rings. The molecule has 0 N–H and O–H groups in total. The second kappa shape index (κ2) is 9.81. The monoisotopic (exact) mass is 358 g/mol. The van der Waals surface area contributed by atoms with Gasteiger partial charge in [0.2, 0.25) is 0 Å². The highest BCUT2D eigenvalue weighted by Crippen LogP contribution is 2.35. The Hall–Kier alpha value is -0.120. The van der Waals surface area contributed by atoms with E-state index in [1.54, 1.807) is 7.11 Å². The summed E-state index contributed by atoms with van der Waals surface area (Å²) in [5, 5.41) is 0. The predicted octanol–water partition coefficient (Wildman–Crippen LogP) is 5.48. The fraction of sp³-hybridized carbons (Fsp3) is 0.778. The number of allylic oxidation sites excluding steroid dienone is 2. The van der Waals surface area contributed by atoms with Gasteiger partial charge in [0, 0.05) is 18.2 Å². The summed E-state index contributed by atoms with van der Waals surface area (Å²) >= 11 is 3.78. The molecule has 0 bridgehead atoms. The predicted molar refractivity (Wildman–Crippen MR) is 93.8 cm³/mol. The molecule has 0 aromatic heterocycles. The minimum absolute atomic E-state index is 0.272. The van der Waals surface area contributed by atoms with Crippen LogP contribution in [0.2, 0.25) is 0 Å². The summed E-state index contributed by atoms with van der Waals surface area (Å²) in [6, 6.07) is 0. The summed E-state index contributed by atoms with van der Waals surface area (Å²) in [6.45, 7) is 10.6. The van der Waals surface area contributed by atoms with Crippen LogP contribution in [0, 0.1) is 11.8 Å². The van der Waals surface area contributed by atoms with Crippen molar-refractivity contribution in [3.8, 4) is 0 Å². The number of methoxy groups -OCH3 is 1. The molecule has 1 rings (SSSR count). The fourth-order valence-corrected chi connectivity index (χ4v) is 3.17. The second-order valence-corrected chi connectivity index (χ2v) is 7.66. The van der Waals surface area contributed by atoms with Crippen LogP contribution in [-0.4, -0.2) is 26.4 Å². The summed E-state index contributed by atoms with van der Waals surface area (Å²) in [7, 11) is 1.76. The molecule has 3 heteroatoms. The van der Waals surface area contributed by atoms with E-state index in [0.29, 0.717) is 11.8 Å². The van der Waals surface area contributed by atoms with E-state index in [0.717, 1.165) is 38.9 Å². The van der Waals surface area contributed by atoms with Gasteiger partial charge in [0.25, 0.3) is 0 Å². The van der Waals surface area contributed by atoms with Crippen molar-refractivity contribution in [1.29, 1.82) is 0 Å². The van der Waals surface area contributed by atoms with Crippen LogP contribution in [0.4, 0.5) is 0 Å². The molecule has 0 amide bonds. The Kier molecular flexibility index (Phi) is 8.84. The van der Waals surface area contributed by atoms with E-state index in [4.69, 9.17) is 9.47 Å². The van der Waals surface area contributed by atoms with Gasteiger partial charge in [0.15, 0.2) is 0 Å². The molecule has 1 unspecified atom stereocenters. The first-order chi connectivity index (χ1) is 9.95. The Bertz CT molecular complexity index is 369. The van der Waals surface area contributed by atoms with Crippen LogP contribution < -0.4 is 0 Å². The number of ether oxygens (including phenoxy) is 2. The lowest BCUT2D eigenvalue weighted by molar-refractivity contribution is 0.112. The van der Waals surface area contributed by atoms with Crippen molar-refractivity contribution in [3.63, 3.8) is 0 Å². The maximum atomic E-state index is 6.06. The van der Waals surface area contributed by atoms with Crippen LogP contribution in [0.1, 0.15) is 53.4 Å². The molecule has 1 aliphatic heterocycles. The Morgan fingerprint density at radius 2 is 2.05 bits per heavy atom. The zero-order valence-corrected chi connectivity index (χ0v) is 15.8. The van der Waals surface area contributed by atoms with E-state index in [1.807, 2.05) is 0 Å². The molecule has 1 atom stereocenters. The van der Waals surface area contributed by atoms with Gasteiger partial charge in [-0.2, -0.15) is 0 Å². The summed E-state index contributed by atoms with van der Waals surface area (Å²) < 4.78 is 12.5. The minimum Gasteiger partial charge on any atom is -0.385 e. The van der Waals surface area contributed by atoms with Crippen LogP contribution in [0.25, 0.3) is 0 Å². The van der Waals surface area contributed by atoms with Gasteiger partial charge in [-0.25, -0.2) is 0 Å². The molecule has 0 spiro atoms. The van der Waals surface area contributed by atoms with Crippen LogP contribution in [0.5, 0.6) is 0 Å². The molecular formula is C18H31BrO2. The lowest BCUT2D eigenvalue weighted by atomic mass is 9.94. The lowest BCUT2D eigenvalue weighted by Gasteiger charge is -2.15. The molecule has 1 heterocycles. The molecule has 21 heavy (non-hydrogen) atoms. The highest BCUT2D eigenvalue weighted by atomic mass is 79.9. The number of hydrogen-bond donors (Lipinski definition) is 0. The topological polar surface area (TPSA) is 18.5 Å². The van der Waals surface area contributed by atoms with Gasteiger partial charge in [0.05, 0.1) is 12.7 Å². The van der Waals surface area contributed by atoms with E-state index < -0.39 is 0 Å². The van der Waals surface area contributed by atoms with E-state index in [9.17, 15) is 0 Å². The van der Waals surface area contributed by atoms with E-state index in [2.05, 4.69) is 49.7 Å². The summed E-state index contributed by atoms with van der Waals surface area (Å²) in [4.78, 5) is 0. The minimum atomic E-state index is 0.272. The zero-order valence-electron chi connectivity index (χ0n) is 14.2. The molecule has 1 fully saturated rings. The average Bonchev–Trinajstić information content (AvgIpc) is 2.78. The van der Waals surface area contributed by atoms with E-state index in [1.165, 1.54) is 15.6 Å². The summed E-state index contributed by atoms with van der Waals surface area (Å²) in [5.74, 6) is 1.34. The van der Waals surface area contributed by atoms with Gasteiger partial charge in [-0.05, 0) is 48.7 Å². The smallest absolute Gasteiger partial charge is 0.0832 e. The molecule has 1 saturated heterocycles. The maximum absolute atomic E-state index is 6.06. The molecule has 122 valence electrons. The fourth-order valence-electron chi connectivity index (χ4n) is 2.55. The molecule has 0 aliphatic carbocycles. The summed E-state index contributed by atoms with van der Waals surface area (Å²) in [5.41, 5.74) is 2.79. The van der Waals surface area contributed by atoms with Gasteiger partial charge in [0.1, 0.15) is 0 Å². The summed E-state index contributed by atoms with van der Waals surface area (Å²) in [6.07, 6.45) is 6.97. The van der Waals surface area contributed by atoms with Crippen molar-refractivity contribution < 1.29 is 9.47 Å². The van der Waals surface area contributed by atoms with Gasteiger partial charge < -0.3 is 9.47 Å². The standard InChI is InChI=1S/C18H31BrO2/c1-13(2)8-9-15-16(17(19)7-6-10-20-5)12-21-18(15)11-14(3)4/h9,13-14,18H,6-8,10-12H2,1-5H3/b15-9-,17-16+. The maximum Gasteiger partial charge on any atom is 0.0832 e. The van der Waals surface area contributed by atoms with E-state index in [-0.39, 0.29) is 6.10 Å². The van der Waals surface area contributed by atoms with Crippen molar-refractivity contribution >= 4 is 15.9 Å². The Labute approximate surface area is 139 Å². The molecule has 0 saturated carbocycles. The van der Waals surface area contributed by atoms with Crippen molar-refractivity contribution in [3.05, 3.63) is 21.7 Å². The van der Waals surface area contributed by atoms with Crippen LogP contribution in [0.3, 0.4) is 0 Å². The van der Waals surface area contributed by atoms with Gasteiger partial charge in [-0.1, -0.05) is 49.7 Å². The first-order valence-electron chi connectivity index (χ1n) is 8.14. The van der Waals surface area contributed by atoms with Crippen molar-refractivity contribution in [2.45, 2.75) is 59.5 Å². The van der Waals surface area contributed by atoms with Gasteiger partial charge >= 0.3 is 0 Å². The van der Waals surface area contributed by atoms with Crippen LogP contribution in [0.15, 0.2) is 21.7 Å². The second-order valence-electron chi connectivity index (χ2n) is 6.70. The lowest BCUT2D eigenvalue weighted by Crippen LogP contribution is -2.11. The average molecular weight is 359 g/mol. The third-order valence-electron chi connectivity index (χ3n) is 3.69. The van der Waals surface area contributed by atoms with Crippen LogP contribution >= 0.6 is 15.9 Å². The quantitative estimate of drug-likeness (QED) is 0.534. The molecule has 0 aromatic carbocycles. The molecular weight excluding hydrogens is 328 g/mol. The Morgan fingerprint density at radius 1 is 1.33 bits per heavy atom. The SMILES string of the molecule is COCCC/C(Br)=C1/COC(CC(C)C)/C1=C\CC(C)C. The van der Waals surface area contributed by atoms with Crippen molar-refractivity contribution in [2.24, 2.45) is 11.8 Å². The normalized spacial score (nSPS) is 23.6. The molecule has 1 aliphatic rings. The number of halogens is 1. The number of rotatable bonds is 8. The Morgan fingerprint density at radius 3 is 2.62 bits per heavy atom. The van der Waals surface area contributed by atoms with Crippen molar-refractivity contribution in [2.75, 3.05) is 20.3 Å². The third-order valence-corrected chi connectivity index (χ3v) is 4.57.